The Morgan fingerprint density at radius 3 is 2.64 bits per heavy atom. The molecule has 7 heteroatoms. The van der Waals surface area contributed by atoms with Crippen LogP contribution in [0.2, 0.25) is 0 Å². The molecular weight excluding hydrogens is 393 g/mol. The molecule has 5 nitrogen and oxygen atoms in total. The Balaban J connectivity index is 1.74. The van der Waals surface area contributed by atoms with Crippen LogP contribution in [0.5, 0.6) is 5.75 Å². The van der Waals surface area contributed by atoms with Gasteiger partial charge in [-0.1, -0.05) is 6.07 Å². The van der Waals surface area contributed by atoms with Crippen molar-refractivity contribution in [2.24, 2.45) is 5.92 Å². The van der Waals surface area contributed by atoms with Gasteiger partial charge >= 0.3 is 5.97 Å². The average molecular weight is 408 g/mol. The van der Waals surface area contributed by atoms with Crippen molar-refractivity contribution in [3.05, 3.63) is 57.8 Å². The van der Waals surface area contributed by atoms with E-state index >= 15 is 0 Å². The van der Waals surface area contributed by atoms with Gasteiger partial charge < -0.3 is 15.2 Å². The molecule has 130 valence electrons. The van der Waals surface area contributed by atoms with Crippen LogP contribution in [0.3, 0.4) is 0 Å². The zero-order chi connectivity index (χ0) is 18.0. The topological polar surface area (TPSA) is 75.6 Å². The number of amides is 1. The van der Waals surface area contributed by atoms with Crippen LogP contribution in [0, 0.1) is 11.7 Å². The number of anilines is 1. The Kier molecular flexibility index (Phi) is 5.03. The fraction of sp³-hybridized carbons (Fsp3) is 0.222. The first kappa shape index (κ1) is 17.4. The van der Waals surface area contributed by atoms with Gasteiger partial charge in [-0.2, -0.15) is 0 Å². The summed E-state index contributed by atoms with van der Waals surface area (Å²) in [6.07, 6.45) is 1.68. The SMILES string of the molecule is O=C(O)c1cc(COc2ccc(F)cc2Br)ccc1NC(=O)C1CC1. The lowest BCUT2D eigenvalue weighted by Gasteiger charge is -2.12. The molecule has 1 amide bonds. The minimum atomic E-state index is -1.13. The summed E-state index contributed by atoms with van der Waals surface area (Å²) in [6, 6.07) is 8.76. The van der Waals surface area contributed by atoms with Crippen LogP contribution in [-0.4, -0.2) is 17.0 Å². The van der Waals surface area contributed by atoms with Crippen LogP contribution < -0.4 is 10.1 Å². The number of halogens is 2. The van der Waals surface area contributed by atoms with Gasteiger partial charge in [0.1, 0.15) is 18.2 Å². The van der Waals surface area contributed by atoms with Crippen molar-refractivity contribution in [3.63, 3.8) is 0 Å². The lowest BCUT2D eigenvalue weighted by Crippen LogP contribution is -2.16. The highest BCUT2D eigenvalue weighted by atomic mass is 79.9. The van der Waals surface area contributed by atoms with Gasteiger partial charge in [0.2, 0.25) is 5.91 Å². The highest BCUT2D eigenvalue weighted by Crippen LogP contribution is 2.31. The van der Waals surface area contributed by atoms with E-state index in [2.05, 4.69) is 21.2 Å². The second-order valence-corrected chi connectivity index (χ2v) is 6.67. The number of carboxylic acid groups (broad SMARTS) is 1. The lowest BCUT2D eigenvalue weighted by atomic mass is 10.1. The molecule has 0 aliphatic heterocycles. The summed E-state index contributed by atoms with van der Waals surface area (Å²) in [5, 5.41) is 12.0. The number of carboxylic acids is 1. The van der Waals surface area contributed by atoms with Crippen molar-refractivity contribution in [2.45, 2.75) is 19.4 Å². The normalized spacial score (nSPS) is 13.4. The average Bonchev–Trinajstić information content (AvgIpc) is 3.40. The van der Waals surface area contributed by atoms with Crippen molar-refractivity contribution in [1.29, 1.82) is 0 Å². The van der Waals surface area contributed by atoms with Gasteiger partial charge in [-0.15, -0.1) is 0 Å². The molecule has 0 bridgehead atoms. The van der Waals surface area contributed by atoms with Gasteiger partial charge in [0, 0.05) is 5.92 Å². The minimum Gasteiger partial charge on any atom is -0.488 e. The second kappa shape index (κ2) is 7.23. The van der Waals surface area contributed by atoms with E-state index in [0.29, 0.717) is 15.8 Å². The smallest absolute Gasteiger partial charge is 0.337 e. The fourth-order valence-corrected chi connectivity index (χ4v) is 2.77. The summed E-state index contributed by atoms with van der Waals surface area (Å²) in [6.45, 7) is 0.112. The van der Waals surface area contributed by atoms with Crippen LogP contribution in [-0.2, 0) is 11.4 Å². The molecule has 0 radical (unpaired) electrons. The van der Waals surface area contributed by atoms with E-state index in [4.69, 9.17) is 4.74 Å². The maximum atomic E-state index is 13.1. The Bertz CT molecular complexity index is 836. The summed E-state index contributed by atoms with van der Waals surface area (Å²) in [5.41, 5.74) is 0.905. The molecule has 2 N–H and O–H groups in total. The van der Waals surface area contributed by atoms with Gasteiger partial charge in [0.25, 0.3) is 0 Å². The number of ether oxygens (including phenoxy) is 1. The number of rotatable bonds is 6. The van der Waals surface area contributed by atoms with E-state index in [1.54, 1.807) is 12.1 Å². The van der Waals surface area contributed by atoms with Gasteiger partial charge in [-0.3, -0.25) is 4.79 Å². The third kappa shape index (κ3) is 4.36. The molecule has 0 heterocycles. The second-order valence-electron chi connectivity index (χ2n) is 5.81. The van der Waals surface area contributed by atoms with E-state index in [-0.39, 0.29) is 35.5 Å². The number of nitrogens with one attached hydrogen (secondary N) is 1. The first-order valence-corrected chi connectivity index (χ1v) is 8.48. The van der Waals surface area contributed by atoms with E-state index < -0.39 is 5.97 Å². The van der Waals surface area contributed by atoms with Crippen LogP contribution in [0.15, 0.2) is 40.9 Å². The van der Waals surface area contributed by atoms with Gasteiger partial charge in [0.15, 0.2) is 0 Å². The zero-order valence-electron chi connectivity index (χ0n) is 13.1. The van der Waals surface area contributed by atoms with Gasteiger partial charge in [-0.25, -0.2) is 9.18 Å². The minimum absolute atomic E-state index is 0.00766. The first-order valence-electron chi connectivity index (χ1n) is 7.69. The number of benzene rings is 2. The number of carbonyl (C=O) groups excluding carboxylic acids is 1. The molecule has 2 aromatic rings. The quantitative estimate of drug-likeness (QED) is 0.751. The largest absolute Gasteiger partial charge is 0.488 e. The molecule has 0 atom stereocenters. The monoisotopic (exact) mass is 407 g/mol. The molecule has 3 rings (SSSR count). The van der Waals surface area contributed by atoms with Crippen molar-refractivity contribution >= 4 is 33.5 Å². The summed E-state index contributed by atoms with van der Waals surface area (Å²) >= 11 is 3.21. The molecule has 2 aromatic carbocycles. The standard InChI is InChI=1S/C18H15BrFNO4/c19-14-8-12(20)4-6-16(14)25-9-10-1-5-15(13(7-10)18(23)24)21-17(22)11-2-3-11/h1,4-8,11H,2-3,9H2,(H,21,22)(H,23,24). The number of hydrogen-bond donors (Lipinski definition) is 2. The van der Waals surface area contributed by atoms with Crippen LogP contribution in [0.25, 0.3) is 0 Å². The van der Waals surface area contributed by atoms with Crippen LogP contribution in [0.4, 0.5) is 10.1 Å². The van der Waals surface area contributed by atoms with Crippen LogP contribution in [0.1, 0.15) is 28.8 Å². The van der Waals surface area contributed by atoms with Gasteiger partial charge in [-0.05, 0) is 64.7 Å². The fourth-order valence-electron chi connectivity index (χ4n) is 2.30. The zero-order valence-corrected chi connectivity index (χ0v) is 14.7. The predicted molar refractivity (Wildman–Crippen MR) is 93.2 cm³/mol. The summed E-state index contributed by atoms with van der Waals surface area (Å²) < 4.78 is 19.1. The summed E-state index contributed by atoms with van der Waals surface area (Å²) in [5.74, 6) is -1.23. The van der Waals surface area contributed by atoms with E-state index in [1.807, 2.05) is 0 Å². The van der Waals surface area contributed by atoms with Crippen molar-refractivity contribution in [3.8, 4) is 5.75 Å². The number of aromatic carboxylic acids is 1. The molecule has 0 saturated heterocycles. The molecule has 25 heavy (non-hydrogen) atoms. The van der Waals surface area contributed by atoms with Crippen molar-refractivity contribution in [1.82, 2.24) is 0 Å². The summed E-state index contributed by atoms with van der Waals surface area (Å²) in [7, 11) is 0. The van der Waals surface area contributed by atoms with E-state index in [1.165, 1.54) is 24.3 Å². The van der Waals surface area contributed by atoms with E-state index in [9.17, 15) is 19.1 Å². The van der Waals surface area contributed by atoms with Crippen molar-refractivity contribution in [2.75, 3.05) is 5.32 Å². The van der Waals surface area contributed by atoms with E-state index in [0.717, 1.165) is 12.8 Å². The summed E-state index contributed by atoms with van der Waals surface area (Å²) in [4.78, 5) is 23.3. The van der Waals surface area contributed by atoms with Gasteiger partial charge in [0.05, 0.1) is 15.7 Å². The molecular formula is C18H15BrFNO4. The number of carbonyl (C=O) groups is 2. The van der Waals surface area contributed by atoms with Crippen molar-refractivity contribution < 1.29 is 23.8 Å². The third-order valence-corrected chi connectivity index (χ3v) is 4.43. The molecule has 0 spiro atoms. The molecule has 0 aromatic heterocycles. The van der Waals surface area contributed by atoms with Crippen LogP contribution >= 0.6 is 15.9 Å². The Morgan fingerprint density at radius 1 is 1.24 bits per heavy atom. The number of hydrogen-bond acceptors (Lipinski definition) is 3. The molecule has 1 aliphatic carbocycles. The Hall–Kier alpha value is -2.41. The highest BCUT2D eigenvalue weighted by Gasteiger charge is 2.30. The Morgan fingerprint density at radius 2 is 2.00 bits per heavy atom. The predicted octanol–water partition coefficient (Wildman–Crippen LogP) is 4.21. The molecule has 1 aliphatic rings. The Labute approximate surface area is 151 Å². The third-order valence-electron chi connectivity index (χ3n) is 3.81. The molecule has 1 saturated carbocycles. The maximum Gasteiger partial charge on any atom is 0.337 e. The maximum absolute atomic E-state index is 13.1. The molecule has 0 unspecified atom stereocenters. The lowest BCUT2D eigenvalue weighted by molar-refractivity contribution is -0.117. The highest BCUT2D eigenvalue weighted by molar-refractivity contribution is 9.10. The molecule has 1 fully saturated rings. The first-order chi connectivity index (χ1) is 11.9.